The van der Waals surface area contributed by atoms with E-state index in [4.69, 9.17) is 0 Å². The van der Waals surface area contributed by atoms with Gasteiger partial charge in [0.2, 0.25) is 0 Å². The molecule has 1 aromatic heterocycles. The second-order valence-electron chi connectivity index (χ2n) is 2.81. The first-order valence-corrected chi connectivity index (χ1v) is 5.33. The molecule has 74 valence electrons. The molecule has 1 rings (SSSR count). The van der Waals surface area contributed by atoms with Crippen LogP contribution in [-0.2, 0) is 10.2 Å². The summed E-state index contributed by atoms with van der Waals surface area (Å²) < 4.78 is 35.0. The highest BCUT2D eigenvalue weighted by Crippen LogP contribution is 2.17. The van der Waals surface area contributed by atoms with Crippen LogP contribution in [0.4, 0.5) is 3.89 Å². The van der Waals surface area contributed by atoms with Crippen molar-refractivity contribution in [1.82, 2.24) is 9.78 Å². The van der Waals surface area contributed by atoms with Crippen molar-refractivity contribution in [2.75, 3.05) is 0 Å². The van der Waals surface area contributed by atoms with Crippen molar-refractivity contribution in [2.45, 2.75) is 31.3 Å². The molecule has 1 unspecified atom stereocenters. The smallest absolute Gasteiger partial charge is 0.249 e. The average Bonchev–Trinajstić information content (AvgIpc) is 2.49. The van der Waals surface area contributed by atoms with E-state index < -0.39 is 10.2 Å². The maximum atomic E-state index is 12.6. The number of rotatable bonds is 3. The topological polar surface area (TPSA) is 52.0 Å². The van der Waals surface area contributed by atoms with Crippen molar-refractivity contribution >= 4 is 10.2 Å². The molecule has 0 N–H and O–H groups in total. The van der Waals surface area contributed by atoms with Crippen LogP contribution < -0.4 is 0 Å². The summed E-state index contributed by atoms with van der Waals surface area (Å²) in [5.41, 5.74) is 0. The molecular formula is C7H11FN2O2S. The summed E-state index contributed by atoms with van der Waals surface area (Å²) in [4.78, 5) is 0. The Bertz CT molecular complexity index is 385. The molecular weight excluding hydrogens is 195 g/mol. The predicted molar refractivity (Wildman–Crippen MR) is 45.5 cm³/mol. The van der Waals surface area contributed by atoms with E-state index in [-0.39, 0.29) is 11.1 Å². The van der Waals surface area contributed by atoms with E-state index in [9.17, 15) is 12.3 Å². The SMILES string of the molecule is CCC(C)n1nccc1S(=O)(=O)F. The maximum absolute atomic E-state index is 12.6. The zero-order chi connectivity index (χ0) is 10.1. The normalized spacial score (nSPS) is 14.4. The fourth-order valence-corrected chi connectivity index (χ4v) is 1.67. The van der Waals surface area contributed by atoms with Crippen molar-refractivity contribution < 1.29 is 12.3 Å². The van der Waals surface area contributed by atoms with Gasteiger partial charge in [-0.25, -0.2) is 4.68 Å². The Balaban J connectivity index is 3.18. The molecule has 13 heavy (non-hydrogen) atoms. The lowest BCUT2D eigenvalue weighted by Gasteiger charge is -2.10. The van der Waals surface area contributed by atoms with E-state index in [2.05, 4.69) is 5.10 Å². The molecule has 1 heterocycles. The number of hydrogen-bond donors (Lipinski definition) is 0. The second kappa shape index (κ2) is 3.45. The number of aromatic nitrogens is 2. The molecule has 6 heteroatoms. The first-order chi connectivity index (χ1) is 5.96. The minimum Gasteiger partial charge on any atom is -0.249 e. The van der Waals surface area contributed by atoms with E-state index in [1.807, 2.05) is 6.92 Å². The van der Waals surface area contributed by atoms with Crippen LogP contribution in [0.25, 0.3) is 0 Å². The lowest BCUT2D eigenvalue weighted by atomic mass is 10.3. The Labute approximate surface area is 76.6 Å². The van der Waals surface area contributed by atoms with Gasteiger partial charge in [0.1, 0.15) is 0 Å². The van der Waals surface area contributed by atoms with Crippen molar-refractivity contribution in [3.63, 3.8) is 0 Å². The average molecular weight is 206 g/mol. The van der Waals surface area contributed by atoms with E-state index in [0.29, 0.717) is 6.42 Å². The predicted octanol–water partition coefficient (Wildman–Crippen LogP) is 1.51. The molecule has 0 spiro atoms. The monoisotopic (exact) mass is 206 g/mol. The van der Waals surface area contributed by atoms with Gasteiger partial charge in [-0.2, -0.15) is 13.5 Å². The van der Waals surface area contributed by atoms with Crippen LogP contribution >= 0.6 is 0 Å². The fourth-order valence-electron chi connectivity index (χ4n) is 0.999. The highest BCUT2D eigenvalue weighted by molar-refractivity contribution is 7.86. The van der Waals surface area contributed by atoms with Gasteiger partial charge in [-0.3, -0.25) is 0 Å². The quantitative estimate of drug-likeness (QED) is 0.704. The molecule has 1 aromatic rings. The number of nitrogens with zero attached hydrogens (tertiary/aromatic N) is 2. The lowest BCUT2D eigenvalue weighted by Crippen LogP contribution is -2.11. The summed E-state index contributed by atoms with van der Waals surface area (Å²) in [6, 6.07) is 1.04. The Morgan fingerprint density at radius 3 is 2.77 bits per heavy atom. The van der Waals surface area contributed by atoms with Crippen LogP contribution in [0.1, 0.15) is 26.3 Å². The summed E-state index contributed by atoms with van der Waals surface area (Å²) >= 11 is 0. The lowest BCUT2D eigenvalue weighted by molar-refractivity contribution is 0.430. The molecule has 0 bridgehead atoms. The van der Waals surface area contributed by atoms with E-state index in [1.54, 1.807) is 6.92 Å². The minimum absolute atomic E-state index is 0.115. The highest BCUT2D eigenvalue weighted by atomic mass is 32.3. The van der Waals surface area contributed by atoms with Crippen LogP contribution in [0.5, 0.6) is 0 Å². The van der Waals surface area contributed by atoms with Crippen molar-refractivity contribution in [3.8, 4) is 0 Å². The van der Waals surface area contributed by atoms with Gasteiger partial charge in [-0.1, -0.05) is 10.8 Å². The van der Waals surface area contributed by atoms with E-state index >= 15 is 0 Å². The van der Waals surface area contributed by atoms with E-state index in [0.717, 1.165) is 6.07 Å². The van der Waals surface area contributed by atoms with Crippen LogP contribution in [0, 0.1) is 0 Å². The first kappa shape index (κ1) is 10.2. The fraction of sp³-hybridized carbons (Fsp3) is 0.571. The standard InChI is InChI=1S/C7H11FN2O2S/c1-3-6(2)10-7(4-5-9-10)13(8,11)12/h4-6H,3H2,1-2H3. The van der Waals surface area contributed by atoms with Crippen molar-refractivity contribution in [1.29, 1.82) is 0 Å². The third-order valence-electron chi connectivity index (χ3n) is 1.89. The third kappa shape index (κ3) is 2.06. The molecule has 0 saturated heterocycles. The Morgan fingerprint density at radius 2 is 2.31 bits per heavy atom. The molecule has 0 amide bonds. The summed E-state index contributed by atoms with van der Waals surface area (Å²) in [6.07, 6.45) is 1.98. The molecule has 0 aliphatic carbocycles. The minimum atomic E-state index is -4.64. The van der Waals surface area contributed by atoms with Crippen LogP contribution in [0.3, 0.4) is 0 Å². The van der Waals surface area contributed by atoms with Gasteiger partial charge in [-0.15, -0.1) is 0 Å². The number of halogens is 1. The molecule has 4 nitrogen and oxygen atoms in total. The van der Waals surface area contributed by atoms with Gasteiger partial charge in [0.05, 0.1) is 12.2 Å². The molecule has 0 aliphatic rings. The zero-order valence-electron chi connectivity index (χ0n) is 7.44. The Hall–Kier alpha value is -0.910. The summed E-state index contributed by atoms with van der Waals surface area (Å²) in [7, 11) is -4.64. The van der Waals surface area contributed by atoms with Gasteiger partial charge in [-0.05, 0) is 19.4 Å². The van der Waals surface area contributed by atoms with E-state index in [1.165, 1.54) is 10.9 Å². The highest BCUT2D eigenvalue weighted by Gasteiger charge is 2.20. The number of hydrogen-bond acceptors (Lipinski definition) is 3. The van der Waals surface area contributed by atoms with Gasteiger partial charge >= 0.3 is 10.2 Å². The molecule has 0 saturated carbocycles. The first-order valence-electron chi connectivity index (χ1n) is 3.95. The summed E-state index contributed by atoms with van der Waals surface area (Å²) in [5, 5.41) is 3.38. The molecule has 1 atom stereocenters. The second-order valence-corrected chi connectivity index (χ2v) is 4.10. The van der Waals surface area contributed by atoms with Crippen molar-refractivity contribution in [2.24, 2.45) is 0 Å². The van der Waals surface area contributed by atoms with Crippen LogP contribution in [0.15, 0.2) is 17.3 Å². The summed E-state index contributed by atoms with van der Waals surface area (Å²) in [5.74, 6) is 0. The van der Waals surface area contributed by atoms with Crippen molar-refractivity contribution in [3.05, 3.63) is 12.3 Å². The maximum Gasteiger partial charge on any atom is 0.349 e. The van der Waals surface area contributed by atoms with Crippen LogP contribution in [0.2, 0.25) is 0 Å². The van der Waals surface area contributed by atoms with Gasteiger partial charge in [0.15, 0.2) is 5.03 Å². The Kier molecular flexibility index (Phi) is 2.70. The third-order valence-corrected chi connectivity index (χ3v) is 2.71. The summed E-state index contributed by atoms with van der Waals surface area (Å²) in [6.45, 7) is 3.66. The molecule has 0 fully saturated rings. The molecule has 0 radical (unpaired) electrons. The zero-order valence-corrected chi connectivity index (χ0v) is 8.25. The Morgan fingerprint density at radius 1 is 1.69 bits per heavy atom. The molecule has 0 aromatic carbocycles. The largest absolute Gasteiger partial charge is 0.349 e. The van der Waals surface area contributed by atoms with Crippen LogP contribution in [-0.4, -0.2) is 18.2 Å². The van der Waals surface area contributed by atoms with Gasteiger partial charge in [0, 0.05) is 0 Å². The van der Waals surface area contributed by atoms with Gasteiger partial charge in [0.25, 0.3) is 0 Å². The van der Waals surface area contributed by atoms with Gasteiger partial charge < -0.3 is 0 Å². The molecule has 0 aliphatic heterocycles.